The predicted octanol–water partition coefficient (Wildman–Crippen LogP) is 3.38. The van der Waals surface area contributed by atoms with E-state index in [1.54, 1.807) is 19.1 Å². The van der Waals surface area contributed by atoms with Crippen molar-refractivity contribution in [1.82, 2.24) is 15.5 Å². The van der Waals surface area contributed by atoms with E-state index in [1.165, 1.54) is 7.11 Å². The number of benzene rings is 2. The number of guanidine groups is 1. The molecule has 8 heteroatoms. The second-order valence-electron chi connectivity index (χ2n) is 7.20. The van der Waals surface area contributed by atoms with E-state index in [9.17, 15) is 4.79 Å². The highest BCUT2D eigenvalue weighted by molar-refractivity contribution is 5.80. The Morgan fingerprint density at radius 2 is 1.74 bits per heavy atom. The van der Waals surface area contributed by atoms with Crippen molar-refractivity contribution in [2.24, 2.45) is 4.99 Å². The van der Waals surface area contributed by atoms with E-state index in [0.29, 0.717) is 31.1 Å². The summed E-state index contributed by atoms with van der Waals surface area (Å²) in [7, 11) is 4.79. The van der Waals surface area contributed by atoms with Gasteiger partial charge in [-0.25, -0.2) is 4.79 Å². The second-order valence-corrected chi connectivity index (χ2v) is 7.20. The smallest absolute Gasteiger partial charge is 0.409 e. The molecule has 0 radical (unpaired) electrons. The van der Waals surface area contributed by atoms with Gasteiger partial charge in [-0.15, -0.1) is 0 Å². The van der Waals surface area contributed by atoms with Gasteiger partial charge in [0.15, 0.2) is 17.5 Å². The maximum absolute atomic E-state index is 11.6. The van der Waals surface area contributed by atoms with Crippen molar-refractivity contribution in [3.8, 4) is 17.2 Å². The Morgan fingerprint density at radius 3 is 2.35 bits per heavy atom. The maximum atomic E-state index is 11.6. The molecular weight excluding hydrogens is 396 g/mol. The van der Waals surface area contributed by atoms with E-state index in [-0.39, 0.29) is 12.1 Å². The summed E-state index contributed by atoms with van der Waals surface area (Å²) >= 11 is 0. The van der Waals surface area contributed by atoms with Gasteiger partial charge in [0.05, 0.1) is 14.2 Å². The van der Waals surface area contributed by atoms with Crippen LogP contribution in [0.25, 0.3) is 0 Å². The molecule has 0 bridgehead atoms. The van der Waals surface area contributed by atoms with E-state index < -0.39 is 0 Å². The number of para-hydroxylation sites is 2. The van der Waals surface area contributed by atoms with Crippen LogP contribution in [0, 0.1) is 0 Å². The number of nitrogens with zero attached hydrogens (tertiary/aromatic N) is 2. The van der Waals surface area contributed by atoms with E-state index in [0.717, 1.165) is 30.1 Å². The standard InChI is InChI=1S/C23H30N4O4/c1-24-22(26-18-12-14-27(15-13-18)23(28)30-3)25-16-17-8-10-19(11-9-17)31-21-7-5-4-6-20(21)29-2/h4-11,18H,12-16H2,1-3H3,(H2,24,25,26). The molecular formula is C23H30N4O4. The minimum atomic E-state index is -0.265. The highest BCUT2D eigenvalue weighted by atomic mass is 16.5. The van der Waals surface area contributed by atoms with E-state index in [4.69, 9.17) is 14.2 Å². The van der Waals surface area contributed by atoms with Crippen molar-refractivity contribution < 1.29 is 19.0 Å². The maximum Gasteiger partial charge on any atom is 0.409 e. The molecule has 0 spiro atoms. The third kappa shape index (κ3) is 6.28. The molecule has 31 heavy (non-hydrogen) atoms. The van der Waals surface area contributed by atoms with E-state index >= 15 is 0 Å². The summed E-state index contributed by atoms with van der Waals surface area (Å²) in [6.07, 6.45) is 1.44. The molecule has 8 nitrogen and oxygen atoms in total. The molecule has 0 saturated carbocycles. The molecule has 1 aliphatic heterocycles. The van der Waals surface area contributed by atoms with Gasteiger partial charge in [-0.1, -0.05) is 24.3 Å². The number of amides is 1. The molecule has 0 unspecified atom stereocenters. The van der Waals surface area contributed by atoms with Crippen molar-refractivity contribution in [3.05, 3.63) is 54.1 Å². The molecule has 0 atom stereocenters. The summed E-state index contributed by atoms with van der Waals surface area (Å²) in [5.41, 5.74) is 1.11. The molecule has 1 heterocycles. The summed E-state index contributed by atoms with van der Waals surface area (Å²) in [6.45, 7) is 1.99. The Kier molecular flexibility index (Phi) is 7.98. The summed E-state index contributed by atoms with van der Waals surface area (Å²) < 4.78 is 16.0. The van der Waals surface area contributed by atoms with Gasteiger partial charge in [0.2, 0.25) is 0 Å². The van der Waals surface area contributed by atoms with Gasteiger partial charge in [0.25, 0.3) is 0 Å². The lowest BCUT2D eigenvalue weighted by Gasteiger charge is -2.32. The number of hydrogen-bond donors (Lipinski definition) is 2. The quantitative estimate of drug-likeness (QED) is 0.544. The fourth-order valence-corrected chi connectivity index (χ4v) is 3.41. The van der Waals surface area contributed by atoms with E-state index in [2.05, 4.69) is 15.6 Å². The molecule has 2 aromatic carbocycles. The Balaban J connectivity index is 1.47. The minimum Gasteiger partial charge on any atom is -0.493 e. The molecule has 166 valence electrons. The van der Waals surface area contributed by atoms with Crippen LogP contribution < -0.4 is 20.1 Å². The van der Waals surface area contributed by atoms with Crippen LogP contribution in [-0.4, -0.2) is 57.4 Å². The number of piperidine rings is 1. The normalized spacial score (nSPS) is 14.7. The highest BCUT2D eigenvalue weighted by Crippen LogP contribution is 2.30. The van der Waals surface area contributed by atoms with Crippen molar-refractivity contribution in [2.75, 3.05) is 34.4 Å². The average Bonchev–Trinajstić information content (AvgIpc) is 2.83. The van der Waals surface area contributed by atoms with E-state index in [1.807, 2.05) is 48.5 Å². The third-order valence-corrected chi connectivity index (χ3v) is 5.17. The molecule has 1 amide bonds. The topological polar surface area (TPSA) is 84.4 Å². The lowest BCUT2D eigenvalue weighted by atomic mass is 10.1. The number of hydrogen-bond acceptors (Lipinski definition) is 5. The zero-order chi connectivity index (χ0) is 22.1. The monoisotopic (exact) mass is 426 g/mol. The van der Waals surface area contributed by atoms with Gasteiger partial charge in [-0.3, -0.25) is 4.99 Å². The van der Waals surface area contributed by atoms with Crippen molar-refractivity contribution in [1.29, 1.82) is 0 Å². The van der Waals surface area contributed by atoms with Crippen LogP contribution in [0.3, 0.4) is 0 Å². The molecule has 0 aromatic heterocycles. The van der Waals surface area contributed by atoms with Crippen molar-refractivity contribution >= 4 is 12.1 Å². The largest absolute Gasteiger partial charge is 0.493 e. The minimum absolute atomic E-state index is 0.265. The number of methoxy groups -OCH3 is 2. The molecule has 3 rings (SSSR count). The first kappa shape index (κ1) is 22.3. The fourth-order valence-electron chi connectivity index (χ4n) is 3.41. The number of likely N-dealkylation sites (tertiary alicyclic amines) is 1. The number of nitrogens with one attached hydrogen (secondary N) is 2. The number of aliphatic imine (C=N–C) groups is 1. The Morgan fingerprint density at radius 1 is 1.06 bits per heavy atom. The summed E-state index contributed by atoms with van der Waals surface area (Å²) in [6, 6.07) is 15.7. The van der Waals surface area contributed by atoms with Crippen LogP contribution in [0.1, 0.15) is 18.4 Å². The van der Waals surface area contributed by atoms with Crippen LogP contribution in [0.2, 0.25) is 0 Å². The summed E-state index contributed by atoms with van der Waals surface area (Å²) in [5, 5.41) is 6.77. The summed E-state index contributed by atoms with van der Waals surface area (Å²) in [5.74, 6) is 2.86. The molecule has 2 aromatic rings. The molecule has 1 aliphatic rings. The molecule has 1 fully saturated rings. The lowest BCUT2D eigenvalue weighted by Crippen LogP contribution is -2.49. The molecule has 2 N–H and O–H groups in total. The van der Waals surface area contributed by atoms with Crippen molar-refractivity contribution in [2.45, 2.75) is 25.4 Å². The summed E-state index contributed by atoms with van der Waals surface area (Å²) in [4.78, 5) is 17.6. The Hall–Kier alpha value is -3.42. The number of rotatable bonds is 6. The van der Waals surface area contributed by atoms with Crippen LogP contribution in [-0.2, 0) is 11.3 Å². The first-order valence-electron chi connectivity index (χ1n) is 10.3. The number of carbonyl (C=O) groups is 1. The SMILES string of the molecule is CN=C(NCc1ccc(Oc2ccccc2OC)cc1)NC1CCN(C(=O)OC)CC1. The van der Waals surface area contributed by atoms with Gasteiger partial charge < -0.3 is 29.7 Å². The Labute approximate surface area is 183 Å². The Bertz CT molecular complexity index is 877. The van der Waals surface area contributed by atoms with Gasteiger partial charge in [0, 0.05) is 32.7 Å². The second kappa shape index (κ2) is 11.1. The average molecular weight is 427 g/mol. The first-order valence-corrected chi connectivity index (χ1v) is 10.3. The predicted molar refractivity (Wildman–Crippen MR) is 120 cm³/mol. The number of carbonyl (C=O) groups excluding carboxylic acids is 1. The van der Waals surface area contributed by atoms with Gasteiger partial charge in [-0.2, -0.15) is 0 Å². The van der Waals surface area contributed by atoms with Gasteiger partial charge in [-0.05, 0) is 42.7 Å². The van der Waals surface area contributed by atoms with Crippen LogP contribution >= 0.6 is 0 Å². The molecule has 0 aliphatic carbocycles. The van der Waals surface area contributed by atoms with Gasteiger partial charge >= 0.3 is 6.09 Å². The first-order chi connectivity index (χ1) is 15.1. The lowest BCUT2D eigenvalue weighted by molar-refractivity contribution is 0.111. The molecule has 1 saturated heterocycles. The van der Waals surface area contributed by atoms with Crippen molar-refractivity contribution in [3.63, 3.8) is 0 Å². The van der Waals surface area contributed by atoms with Crippen LogP contribution in [0.15, 0.2) is 53.5 Å². The zero-order valence-electron chi connectivity index (χ0n) is 18.3. The van der Waals surface area contributed by atoms with Gasteiger partial charge in [0.1, 0.15) is 5.75 Å². The highest BCUT2D eigenvalue weighted by Gasteiger charge is 2.23. The fraction of sp³-hybridized carbons (Fsp3) is 0.391. The third-order valence-electron chi connectivity index (χ3n) is 5.17. The number of ether oxygens (including phenoxy) is 3. The van der Waals surface area contributed by atoms with Crippen LogP contribution in [0.4, 0.5) is 4.79 Å². The van der Waals surface area contributed by atoms with Crippen LogP contribution in [0.5, 0.6) is 17.2 Å². The zero-order valence-corrected chi connectivity index (χ0v) is 18.3.